The van der Waals surface area contributed by atoms with Gasteiger partial charge in [0, 0.05) is 19.0 Å². The zero-order chi connectivity index (χ0) is 15.1. The van der Waals surface area contributed by atoms with Gasteiger partial charge in [0.25, 0.3) is 0 Å². The molecule has 0 aliphatic heterocycles. The first-order chi connectivity index (χ1) is 8.63. The van der Waals surface area contributed by atoms with Crippen LogP contribution in [0.15, 0.2) is 0 Å². The van der Waals surface area contributed by atoms with Crippen molar-refractivity contribution in [3.63, 3.8) is 0 Å². The summed E-state index contributed by atoms with van der Waals surface area (Å²) in [5.41, 5.74) is 0. The molecule has 0 aliphatic carbocycles. The van der Waals surface area contributed by atoms with E-state index in [-0.39, 0.29) is 25.4 Å². The Morgan fingerprint density at radius 1 is 1.26 bits per heavy atom. The van der Waals surface area contributed by atoms with E-state index in [0.29, 0.717) is 0 Å². The molecule has 8 heteroatoms. The Labute approximate surface area is 109 Å². The largest absolute Gasteiger partial charge is 0.480 e. The van der Waals surface area contributed by atoms with Crippen molar-refractivity contribution < 1.29 is 27.9 Å². The molecule has 0 fully saturated rings. The molecule has 0 aliphatic rings. The number of carboxylic acid groups (broad SMARTS) is 1. The molecule has 0 bridgehead atoms. The Hall–Kier alpha value is -1.47. The van der Waals surface area contributed by atoms with E-state index in [0.717, 1.165) is 4.90 Å². The van der Waals surface area contributed by atoms with Gasteiger partial charge in [0.15, 0.2) is 0 Å². The van der Waals surface area contributed by atoms with Crippen LogP contribution in [0.25, 0.3) is 0 Å². The van der Waals surface area contributed by atoms with Crippen molar-refractivity contribution >= 4 is 12.0 Å². The maximum Gasteiger partial charge on any atom is 0.389 e. The maximum atomic E-state index is 11.9. The minimum absolute atomic E-state index is 0.0651. The molecular weight excluding hydrogens is 265 g/mol. The monoisotopic (exact) mass is 284 g/mol. The molecule has 0 atom stereocenters. The van der Waals surface area contributed by atoms with Gasteiger partial charge in [0.05, 0.1) is 0 Å². The van der Waals surface area contributed by atoms with Gasteiger partial charge in [-0.3, -0.25) is 4.79 Å². The van der Waals surface area contributed by atoms with E-state index in [4.69, 9.17) is 5.11 Å². The van der Waals surface area contributed by atoms with E-state index in [1.165, 1.54) is 0 Å². The molecule has 112 valence electrons. The molecule has 0 aromatic heterocycles. The van der Waals surface area contributed by atoms with Crippen LogP contribution in [0.4, 0.5) is 18.0 Å². The summed E-state index contributed by atoms with van der Waals surface area (Å²) in [5.74, 6) is -1.14. The number of nitrogens with zero attached hydrogens (tertiary/aromatic N) is 1. The molecule has 0 spiro atoms. The number of nitrogens with one attached hydrogen (secondary N) is 1. The lowest BCUT2D eigenvalue weighted by atomic mass is 10.2. The molecule has 2 amide bonds. The summed E-state index contributed by atoms with van der Waals surface area (Å²) in [6, 6.07) is -0.879. The van der Waals surface area contributed by atoms with E-state index >= 15 is 0 Å². The summed E-state index contributed by atoms with van der Waals surface area (Å²) in [4.78, 5) is 23.3. The van der Waals surface area contributed by atoms with Crippen molar-refractivity contribution in [3.05, 3.63) is 0 Å². The van der Waals surface area contributed by atoms with Crippen LogP contribution < -0.4 is 5.32 Å². The van der Waals surface area contributed by atoms with Gasteiger partial charge in [-0.1, -0.05) is 0 Å². The third-order valence-corrected chi connectivity index (χ3v) is 2.35. The molecule has 0 unspecified atom stereocenters. The maximum absolute atomic E-state index is 11.9. The Balaban J connectivity index is 3.97. The molecular formula is C11H19F3N2O3. The molecule has 0 aromatic carbocycles. The van der Waals surface area contributed by atoms with Crippen molar-refractivity contribution in [1.29, 1.82) is 0 Å². The third-order valence-electron chi connectivity index (χ3n) is 2.35. The molecule has 0 saturated carbocycles. The van der Waals surface area contributed by atoms with Crippen LogP contribution in [0.5, 0.6) is 0 Å². The number of aliphatic carboxylic acids is 1. The number of rotatable bonds is 7. The summed E-state index contributed by atoms with van der Waals surface area (Å²) in [6.45, 7) is 2.97. The topological polar surface area (TPSA) is 69.6 Å². The highest BCUT2D eigenvalue weighted by Crippen LogP contribution is 2.21. The van der Waals surface area contributed by atoms with E-state index in [2.05, 4.69) is 5.32 Å². The standard InChI is InChI=1S/C11H19F3N2O3/c1-8(2)16(7-9(17)18)10(19)15-6-4-3-5-11(12,13)14/h8H,3-7H2,1-2H3,(H,15,19)(H,17,18). The smallest absolute Gasteiger partial charge is 0.389 e. The zero-order valence-electron chi connectivity index (χ0n) is 11.0. The lowest BCUT2D eigenvalue weighted by molar-refractivity contribution is -0.138. The third kappa shape index (κ3) is 9.15. The van der Waals surface area contributed by atoms with Crippen molar-refractivity contribution in [2.45, 2.75) is 45.3 Å². The van der Waals surface area contributed by atoms with Gasteiger partial charge < -0.3 is 15.3 Å². The lowest BCUT2D eigenvalue weighted by Crippen LogP contribution is -2.46. The first-order valence-electron chi connectivity index (χ1n) is 5.96. The molecule has 0 rings (SSSR count). The number of amides is 2. The van der Waals surface area contributed by atoms with Crippen molar-refractivity contribution in [3.8, 4) is 0 Å². The predicted molar refractivity (Wildman–Crippen MR) is 62.8 cm³/mol. The number of unbranched alkanes of at least 4 members (excludes halogenated alkanes) is 1. The quantitative estimate of drug-likeness (QED) is 0.704. The minimum atomic E-state index is -4.18. The summed E-state index contributed by atoms with van der Waals surface area (Å²) in [5, 5.41) is 11.0. The molecule has 19 heavy (non-hydrogen) atoms. The van der Waals surface area contributed by atoms with Gasteiger partial charge in [0.1, 0.15) is 6.54 Å². The summed E-state index contributed by atoms with van der Waals surface area (Å²) >= 11 is 0. The Kier molecular flexibility index (Phi) is 7.25. The summed E-state index contributed by atoms with van der Waals surface area (Å²) in [6.07, 6.45) is -4.93. The Morgan fingerprint density at radius 2 is 1.84 bits per heavy atom. The molecule has 0 aromatic rings. The first kappa shape index (κ1) is 17.5. The average Bonchev–Trinajstić information content (AvgIpc) is 2.22. The fourth-order valence-electron chi connectivity index (χ4n) is 1.38. The number of hydrogen-bond donors (Lipinski definition) is 2. The van der Waals surface area contributed by atoms with Crippen LogP contribution in [0.1, 0.15) is 33.1 Å². The first-order valence-corrected chi connectivity index (χ1v) is 5.96. The number of halogens is 3. The second kappa shape index (κ2) is 7.85. The van der Waals surface area contributed by atoms with Crippen LogP contribution in [0, 0.1) is 0 Å². The molecule has 5 nitrogen and oxygen atoms in total. The number of urea groups is 1. The highest BCUT2D eigenvalue weighted by molar-refractivity contribution is 5.80. The van der Waals surface area contributed by atoms with Gasteiger partial charge in [-0.05, 0) is 26.7 Å². The van der Waals surface area contributed by atoms with Gasteiger partial charge in [-0.2, -0.15) is 13.2 Å². The average molecular weight is 284 g/mol. The fourth-order valence-corrected chi connectivity index (χ4v) is 1.38. The van der Waals surface area contributed by atoms with Crippen molar-refractivity contribution in [2.24, 2.45) is 0 Å². The van der Waals surface area contributed by atoms with Crippen LogP contribution in [0.2, 0.25) is 0 Å². The molecule has 2 N–H and O–H groups in total. The van der Waals surface area contributed by atoms with Crippen LogP contribution in [-0.4, -0.2) is 47.3 Å². The van der Waals surface area contributed by atoms with Gasteiger partial charge in [-0.15, -0.1) is 0 Å². The summed E-state index contributed by atoms with van der Waals surface area (Å²) < 4.78 is 35.6. The van der Waals surface area contributed by atoms with E-state index in [1.807, 2.05) is 0 Å². The fraction of sp³-hybridized carbons (Fsp3) is 0.818. The predicted octanol–water partition coefficient (Wildman–Crippen LogP) is 2.22. The van der Waals surface area contributed by atoms with Crippen LogP contribution >= 0.6 is 0 Å². The van der Waals surface area contributed by atoms with E-state index in [1.54, 1.807) is 13.8 Å². The van der Waals surface area contributed by atoms with Crippen molar-refractivity contribution in [2.75, 3.05) is 13.1 Å². The molecule has 0 saturated heterocycles. The highest BCUT2D eigenvalue weighted by Gasteiger charge is 2.26. The molecule has 0 radical (unpaired) electrons. The highest BCUT2D eigenvalue weighted by atomic mass is 19.4. The van der Waals surface area contributed by atoms with Gasteiger partial charge in [-0.25, -0.2) is 4.79 Å². The Bertz CT molecular complexity index is 306. The second-order valence-corrected chi connectivity index (χ2v) is 4.42. The lowest BCUT2D eigenvalue weighted by Gasteiger charge is -2.25. The number of carbonyl (C=O) groups is 2. The number of hydrogen-bond acceptors (Lipinski definition) is 2. The molecule has 0 heterocycles. The SMILES string of the molecule is CC(C)N(CC(=O)O)C(=O)NCCCCC(F)(F)F. The summed E-state index contributed by atoms with van der Waals surface area (Å²) in [7, 11) is 0. The van der Waals surface area contributed by atoms with Gasteiger partial charge in [0.2, 0.25) is 0 Å². The Morgan fingerprint density at radius 3 is 2.26 bits per heavy atom. The van der Waals surface area contributed by atoms with Crippen LogP contribution in [-0.2, 0) is 4.79 Å². The second-order valence-electron chi connectivity index (χ2n) is 4.42. The van der Waals surface area contributed by atoms with Gasteiger partial charge >= 0.3 is 18.2 Å². The number of carboxylic acids is 1. The van der Waals surface area contributed by atoms with E-state index < -0.39 is 31.1 Å². The number of alkyl halides is 3. The number of carbonyl (C=O) groups excluding carboxylic acids is 1. The van der Waals surface area contributed by atoms with Crippen LogP contribution in [0.3, 0.4) is 0 Å². The van der Waals surface area contributed by atoms with E-state index in [9.17, 15) is 22.8 Å². The minimum Gasteiger partial charge on any atom is -0.480 e. The normalized spacial score (nSPS) is 11.5. The zero-order valence-corrected chi connectivity index (χ0v) is 11.0. The van der Waals surface area contributed by atoms with Crippen molar-refractivity contribution in [1.82, 2.24) is 10.2 Å².